The first-order valence-corrected chi connectivity index (χ1v) is 7.17. The van der Waals surface area contributed by atoms with E-state index in [1.54, 1.807) is 30.3 Å². The maximum absolute atomic E-state index is 11.9. The molecule has 7 heteroatoms. The number of hydrogen-bond donors (Lipinski definition) is 0. The lowest BCUT2D eigenvalue weighted by atomic mass is 10.2. The number of esters is 3. The maximum Gasteiger partial charge on any atom is 0.338 e. The zero-order valence-electron chi connectivity index (χ0n) is 12.9. The number of hydrogen-bond acceptors (Lipinski definition) is 7. The molecule has 2 rings (SSSR count). The van der Waals surface area contributed by atoms with Gasteiger partial charge in [-0.05, 0) is 12.1 Å². The fourth-order valence-electron chi connectivity index (χ4n) is 2.24. The quantitative estimate of drug-likeness (QED) is 0.599. The van der Waals surface area contributed by atoms with Crippen LogP contribution in [-0.2, 0) is 28.5 Å². The molecule has 0 unspecified atom stereocenters. The smallest absolute Gasteiger partial charge is 0.338 e. The Morgan fingerprint density at radius 3 is 2.35 bits per heavy atom. The van der Waals surface area contributed by atoms with Gasteiger partial charge in [0.15, 0.2) is 0 Å². The van der Waals surface area contributed by atoms with E-state index < -0.39 is 36.4 Å². The summed E-state index contributed by atoms with van der Waals surface area (Å²) in [5.41, 5.74) is 0.408. The van der Waals surface area contributed by atoms with E-state index in [1.165, 1.54) is 13.8 Å². The van der Waals surface area contributed by atoms with Crippen molar-refractivity contribution < 1.29 is 33.3 Å². The number of benzene rings is 1. The first-order chi connectivity index (χ1) is 11.0. The van der Waals surface area contributed by atoms with Crippen molar-refractivity contribution in [2.24, 2.45) is 0 Å². The van der Waals surface area contributed by atoms with E-state index in [-0.39, 0.29) is 13.0 Å². The lowest BCUT2D eigenvalue weighted by Gasteiger charge is -2.17. The van der Waals surface area contributed by atoms with Gasteiger partial charge in [0.25, 0.3) is 0 Å². The molecule has 1 fully saturated rings. The zero-order valence-corrected chi connectivity index (χ0v) is 12.9. The van der Waals surface area contributed by atoms with Crippen molar-refractivity contribution in [3.63, 3.8) is 0 Å². The molecule has 7 nitrogen and oxygen atoms in total. The molecule has 0 spiro atoms. The maximum atomic E-state index is 11.9. The average Bonchev–Trinajstić information content (AvgIpc) is 2.85. The van der Waals surface area contributed by atoms with Crippen LogP contribution in [0.4, 0.5) is 0 Å². The summed E-state index contributed by atoms with van der Waals surface area (Å²) in [7, 11) is 0. The van der Waals surface area contributed by atoms with E-state index in [0.717, 1.165) is 0 Å². The molecule has 0 N–H and O–H groups in total. The predicted molar refractivity (Wildman–Crippen MR) is 77.3 cm³/mol. The first-order valence-electron chi connectivity index (χ1n) is 7.17. The Balaban J connectivity index is 1.93. The summed E-state index contributed by atoms with van der Waals surface area (Å²) in [6.45, 7) is 2.42. The van der Waals surface area contributed by atoms with Crippen molar-refractivity contribution >= 4 is 17.9 Å². The van der Waals surface area contributed by atoms with Gasteiger partial charge in [0.1, 0.15) is 18.8 Å². The van der Waals surface area contributed by atoms with Crippen molar-refractivity contribution in [2.75, 3.05) is 6.61 Å². The van der Waals surface area contributed by atoms with Crippen LogP contribution in [-0.4, -0.2) is 43.0 Å². The Bertz CT molecular complexity index is 569. The summed E-state index contributed by atoms with van der Waals surface area (Å²) >= 11 is 0. The van der Waals surface area contributed by atoms with Crippen molar-refractivity contribution in [1.29, 1.82) is 0 Å². The van der Waals surface area contributed by atoms with Crippen molar-refractivity contribution in [3.8, 4) is 0 Å². The van der Waals surface area contributed by atoms with Crippen LogP contribution in [0.2, 0.25) is 0 Å². The number of carbonyl (C=O) groups excluding carboxylic acids is 3. The summed E-state index contributed by atoms with van der Waals surface area (Å²) in [5.74, 6) is -1.49. The first kappa shape index (κ1) is 17.0. The molecule has 1 heterocycles. The number of ether oxygens (including phenoxy) is 4. The van der Waals surface area contributed by atoms with Gasteiger partial charge in [-0.1, -0.05) is 18.2 Å². The molecule has 0 aliphatic carbocycles. The van der Waals surface area contributed by atoms with Crippen LogP contribution in [0.15, 0.2) is 30.3 Å². The van der Waals surface area contributed by atoms with Crippen LogP contribution in [0.1, 0.15) is 30.6 Å². The van der Waals surface area contributed by atoms with Crippen LogP contribution in [0.5, 0.6) is 0 Å². The standard InChI is InChI=1S/C16H18O7/c1-10(17)21-13-8-15(22-11(2)18)23-14(13)9-20-16(19)12-6-4-3-5-7-12/h3-7,13-15H,8-9H2,1-2H3/t13-,14+,15+/m1/s1. The second-order valence-electron chi connectivity index (χ2n) is 5.06. The third-order valence-electron chi connectivity index (χ3n) is 3.17. The summed E-state index contributed by atoms with van der Waals surface area (Å²) in [5, 5.41) is 0. The van der Waals surface area contributed by atoms with Crippen LogP contribution in [0.3, 0.4) is 0 Å². The van der Waals surface area contributed by atoms with Gasteiger partial charge in [0.05, 0.1) is 12.0 Å². The molecular weight excluding hydrogens is 304 g/mol. The number of carbonyl (C=O) groups is 3. The van der Waals surface area contributed by atoms with Crippen molar-refractivity contribution in [1.82, 2.24) is 0 Å². The van der Waals surface area contributed by atoms with Gasteiger partial charge < -0.3 is 18.9 Å². The van der Waals surface area contributed by atoms with E-state index in [1.807, 2.05) is 0 Å². The Kier molecular flexibility index (Phi) is 5.70. The number of rotatable bonds is 5. The highest BCUT2D eigenvalue weighted by Gasteiger charge is 2.40. The van der Waals surface area contributed by atoms with E-state index in [2.05, 4.69) is 0 Å². The average molecular weight is 322 g/mol. The van der Waals surface area contributed by atoms with Crippen LogP contribution >= 0.6 is 0 Å². The largest absolute Gasteiger partial charge is 0.459 e. The molecule has 1 aliphatic rings. The van der Waals surface area contributed by atoms with Gasteiger partial charge >= 0.3 is 17.9 Å². The molecule has 1 saturated heterocycles. The van der Waals surface area contributed by atoms with E-state index in [9.17, 15) is 14.4 Å². The molecule has 1 aromatic carbocycles. The van der Waals surface area contributed by atoms with E-state index in [4.69, 9.17) is 18.9 Å². The Morgan fingerprint density at radius 1 is 1.09 bits per heavy atom. The Morgan fingerprint density at radius 2 is 1.74 bits per heavy atom. The third-order valence-corrected chi connectivity index (χ3v) is 3.17. The normalized spacial score (nSPS) is 23.1. The molecule has 0 amide bonds. The minimum Gasteiger partial charge on any atom is -0.459 e. The van der Waals surface area contributed by atoms with E-state index >= 15 is 0 Å². The molecule has 124 valence electrons. The Hall–Kier alpha value is -2.41. The SMILES string of the molecule is CC(=O)O[C@@H]1C[C@@H](OC(C)=O)[C@H](COC(=O)c2ccccc2)O1. The van der Waals surface area contributed by atoms with Gasteiger partial charge in [-0.2, -0.15) is 0 Å². The lowest BCUT2D eigenvalue weighted by Crippen LogP contribution is -2.31. The van der Waals surface area contributed by atoms with Crippen molar-refractivity contribution in [3.05, 3.63) is 35.9 Å². The molecule has 0 bridgehead atoms. The highest BCUT2D eigenvalue weighted by Crippen LogP contribution is 2.25. The summed E-state index contributed by atoms with van der Waals surface area (Å²) < 4.78 is 20.7. The fourth-order valence-corrected chi connectivity index (χ4v) is 2.24. The topological polar surface area (TPSA) is 88.1 Å². The van der Waals surface area contributed by atoms with Crippen LogP contribution in [0, 0.1) is 0 Å². The second-order valence-corrected chi connectivity index (χ2v) is 5.06. The monoisotopic (exact) mass is 322 g/mol. The fraction of sp³-hybridized carbons (Fsp3) is 0.438. The van der Waals surface area contributed by atoms with Gasteiger partial charge in [0.2, 0.25) is 6.29 Å². The molecule has 0 aromatic heterocycles. The molecule has 0 radical (unpaired) electrons. The summed E-state index contributed by atoms with van der Waals surface area (Å²) in [4.78, 5) is 34.1. The van der Waals surface area contributed by atoms with Gasteiger partial charge in [-0.15, -0.1) is 0 Å². The summed E-state index contributed by atoms with van der Waals surface area (Å²) in [6, 6.07) is 8.49. The molecule has 1 aliphatic heterocycles. The van der Waals surface area contributed by atoms with Gasteiger partial charge in [-0.3, -0.25) is 9.59 Å². The zero-order chi connectivity index (χ0) is 16.8. The van der Waals surface area contributed by atoms with Crippen LogP contribution in [0.25, 0.3) is 0 Å². The predicted octanol–water partition coefficient (Wildman–Crippen LogP) is 1.45. The molecule has 1 aromatic rings. The highest BCUT2D eigenvalue weighted by atomic mass is 16.7. The van der Waals surface area contributed by atoms with Gasteiger partial charge in [-0.25, -0.2) is 4.79 Å². The Labute approximate surface area is 133 Å². The van der Waals surface area contributed by atoms with E-state index in [0.29, 0.717) is 5.56 Å². The molecule has 23 heavy (non-hydrogen) atoms. The molecule has 3 atom stereocenters. The summed E-state index contributed by atoms with van der Waals surface area (Å²) in [6.07, 6.45) is -1.94. The van der Waals surface area contributed by atoms with Crippen LogP contribution < -0.4 is 0 Å². The minimum absolute atomic E-state index is 0.108. The van der Waals surface area contributed by atoms with Gasteiger partial charge in [0, 0.05) is 13.8 Å². The third kappa shape index (κ3) is 5.07. The molecule has 0 saturated carbocycles. The molecular formula is C16H18O7. The van der Waals surface area contributed by atoms with Crippen molar-refractivity contribution in [2.45, 2.75) is 38.8 Å². The highest BCUT2D eigenvalue weighted by molar-refractivity contribution is 5.89. The minimum atomic E-state index is -0.822. The second kappa shape index (κ2) is 7.73. The lowest BCUT2D eigenvalue weighted by molar-refractivity contribution is -0.176.